The van der Waals surface area contributed by atoms with E-state index in [1.54, 1.807) is 7.05 Å². The molecule has 0 bridgehead atoms. The van der Waals surface area contributed by atoms with Gasteiger partial charge in [0.25, 0.3) is 0 Å². The zero-order chi connectivity index (χ0) is 17.0. The number of nitrogens with two attached hydrogens (primary N) is 2. The van der Waals surface area contributed by atoms with Crippen LogP contribution in [0.15, 0.2) is 53.8 Å². The van der Waals surface area contributed by atoms with Gasteiger partial charge in [0.1, 0.15) is 5.82 Å². The summed E-state index contributed by atoms with van der Waals surface area (Å²) in [5, 5.41) is 6.07. The number of nitrogen functional groups attached to an aromatic ring is 1. The molecule has 2 rings (SSSR count). The van der Waals surface area contributed by atoms with Crippen LogP contribution in [0.3, 0.4) is 0 Å². The van der Waals surface area contributed by atoms with E-state index in [1.807, 2.05) is 24.3 Å². The van der Waals surface area contributed by atoms with Gasteiger partial charge < -0.3 is 22.1 Å². The summed E-state index contributed by atoms with van der Waals surface area (Å²) in [6.45, 7) is 8.06. The predicted molar refractivity (Wildman–Crippen MR) is 99.2 cm³/mol. The number of benzene rings is 2. The van der Waals surface area contributed by atoms with E-state index < -0.39 is 0 Å². The van der Waals surface area contributed by atoms with Gasteiger partial charge in [-0.05, 0) is 60.4 Å². The minimum Gasteiger partial charge on any atom is -0.399 e. The van der Waals surface area contributed by atoms with Gasteiger partial charge in [-0.3, -0.25) is 4.99 Å². The first-order valence-electron chi connectivity index (χ1n) is 7.33. The number of aliphatic imine (C=N–C) groups is 1. The Kier molecular flexibility index (Phi) is 4.91. The van der Waals surface area contributed by atoms with Crippen molar-refractivity contribution in [2.45, 2.75) is 13.8 Å². The molecule has 0 radical (unpaired) electrons. The van der Waals surface area contributed by atoms with Gasteiger partial charge in [0.2, 0.25) is 0 Å². The molecule has 0 amide bonds. The molecule has 0 saturated heterocycles. The standard InChI is InChI=1S/C18H23N5/c1-11-9-16(22-13(3)23-18(20)21-4)10-12(2)17(11)14-5-7-15(19)8-6-14/h5-10,22H,3,19H2,1-2,4H3,(H3,20,21,23). The number of hydrogen-bond acceptors (Lipinski definition) is 3. The van der Waals surface area contributed by atoms with Crippen LogP contribution in [0.4, 0.5) is 11.4 Å². The van der Waals surface area contributed by atoms with Crippen molar-refractivity contribution >= 4 is 17.3 Å². The molecule has 0 spiro atoms. The first-order chi connectivity index (χ1) is 10.9. The average Bonchev–Trinajstić information content (AvgIpc) is 2.48. The van der Waals surface area contributed by atoms with E-state index in [1.165, 1.54) is 16.7 Å². The molecule has 120 valence electrons. The topological polar surface area (TPSA) is 88.5 Å². The van der Waals surface area contributed by atoms with Crippen LogP contribution in [-0.2, 0) is 0 Å². The summed E-state index contributed by atoms with van der Waals surface area (Å²) in [6.07, 6.45) is 0. The van der Waals surface area contributed by atoms with E-state index in [2.05, 4.69) is 48.2 Å². The molecule has 0 unspecified atom stereocenters. The molecule has 0 aliphatic rings. The number of nitrogens with zero attached hydrogens (tertiary/aromatic N) is 1. The third-order valence-corrected chi connectivity index (χ3v) is 3.55. The third kappa shape index (κ3) is 4.03. The molecule has 0 aliphatic carbocycles. The summed E-state index contributed by atoms with van der Waals surface area (Å²) < 4.78 is 0. The number of rotatable bonds is 4. The van der Waals surface area contributed by atoms with Crippen molar-refractivity contribution in [2.75, 3.05) is 18.1 Å². The molecule has 5 nitrogen and oxygen atoms in total. The minimum atomic E-state index is 0.314. The quantitative estimate of drug-likeness (QED) is 0.397. The van der Waals surface area contributed by atoms with Crippen LogP contribution in [0.25, 0.3) is 11.1 Å². The molecule has 2 aromatic rings. The Morgan fingerprint density at radius 1 is 1.09 bits per heavy atom. The first-order valence-corrected chi connectivity index (χ1v) is 7.33. The van der Waals surface area contributed by atoms with Crippen molar-refractivity contribution in [3.63, 3.8) is 0 Å². The predicted octanol–water partition coefficient (Wildman–Crippen LogP) is 2.97. The van der Waals surface area contributed by atoms with Crippen molar-refractivity contribution in [2.24, 2.45) is 10.7 Å². The van der Waals surface area contributed by atoms with E-state index in [-0.39, 0.29) is 0 Å². The molecule has 0 fully saturated rings. The van der Waals surface area contributed by atoms with Crippen LogP contribution in [0, 0.1) is 13.8 Å². The summed E-state index contributed by atoms with van der Waals surface area (Å²) in [4.78, 5) is 3.84. The molecular formula is C18H23N5. The number of anilines is 2. The van der Waals surface area contributed by atoms with Gasteiger partial charge in [-0.1, -0.05) is 18.7 Å². The van der Waals surface area contributed by atoms with Gasteiger partial charge in [-0.25, -0.2) is 0 Å². The normalized spacial score (nSPS) is 11.2. The Hall–Kier alpha value is -2.95. The maximum absolute atomic E-state index is 5.76. The van der Waals surface area contributed by atoms with E-state index >= 15 is 0 Å². The Labute approximate surface area is 137 Å². The van der Waals surface area contributed by atoms with Crippen LogP contribution in [0.1, 0.15) is 11.1 Å². The number of hydrogen-bond donors (Lipinski definition) is 4. The highest BCUT2D eigenvalue weighted by Crippen LogP contribution is 2.30. The summed E-state index contributed by atoms with van der Waals surface area (Å²) in [5.74, 6) is 0.890. The van der Waals surface area contributed by atoms with Crippen molar-refractivity contribution in [1.29, 1.82) is 0 Å². The van der Waals surface area contributed by atoms with Gasteiger partial charge in [0.05, 0.1) is 0 Å². The smallest absolute Gasteiger partial charge is 0.193 e. The first kappa shape index (κ1) is 16.4. The molecule has 6 N–H and O–H groups in total. The lowest BCUT2D eigenvalue weighted by Crippen LogP contribution is -2.32. The molecule has 0 aromatic heterocycles. The molecule has 2 aromatic carbocycles. The van der Waals surface area contributed by atoms with Crippen molar-refractivity contribution in [1.82, 2.24) is 5.32 Å². The highest BCUT2D eigenvalue weighted by atomic mass is 15.2. The minimum absolute atomic E-state index is 0.314. The molecule has 0 aliphatic heterocycles. The molecule has 0 saturated carbocycles. The third-order valence-electron chi connectivity index (χ3n) is 3.55. The molecule has 0 heterocycles. The Morgan fingerprint density at radius 3 is 2.17 bits per heavy atom. The molecular weight excluding hydrogens is 286 g/mol. The number of aryl methyl sites for hydroxylation is 2. The Balaban J connectivity index is 2.27. The highest BCUT2D eigenvalue weighted by Gasteiger charge is 2.08. The Morgan fingerprint density at radius 2 is 1.65 bits per heavy atom. The van der Waals surface area contributed by atoms with E-state index in [0.29, 0.717) is 11.8 Å². The zero-order valence-corrected chi connectivity index (χ0v) is 13.8. The molecule has 5 heteroatoms. The summed E-state index contributed by atoms with van der Waals surface area (Å²) in [6, 6.07) is 12.1. The van der Waals surface area contributed by atoms with E-state index in [4.69, 9.17) is 11.5 Å². The van der Waals surface area contributed by atoms with Crippen LogP contribution in [-0.4, -0.2) is 13.0 Å². The maximum Gasteiger partial charge on any atom is 0.193 e. The van der Waals surface area contributed by atoms with Crippen LogP contribution in [0.2, 0.25) is 0 Å². The fourth-order valence-electron chi connectivity index (χ4n) is 2.56. The lowest BCUT2D eigenvalue weighted by atomic mass is 9.95. The zero-order valence-electron chi connectivity index (χ0n) is 13.8. The summed E-state index contributed by atoms with van der Waals surface area (Å²) >= 11 is 0. The van der Waals surface area contributed by atoms with Gasteiger partial charge in [0.15, 0.2) is 5.96 Å². The lowest BCUT2D eigenvalue weighted by Gasteiger charge is -2.16. The van der Waals surface area contributed by atoms with Crippen LogP contribution < -0.4 is 22.1 Å². The SMILES string of the molecule is C=C(NC(N)=NC)Nc1cc(C)c(-c2ccc(N)cc2)c(C)c1. The largest absolute Gasteiger partial charge is 0.399 e. The maximum atomic E-state index is 5.76. The van der Waals surface area contributed by atoms with E-state index in [9.17, 15) is 0 Å². The fraction of sp³-hybridized carbons (Fsp3) is 0.167. The van der Waals surface area contributed by atoms with Crippen LogP contribution in [0.5, 0.6) is 0 Å². The summed E-state index contributed by atoms with van der Waals surface area (Å²) in [7, 11) is 1.62. The summed E-state index contributed by atoms with van der Waals surface area (Å²) in [5.41, 5.74) is 17.8. The highest BCUT2D eigenvalue weighted by molar-refractivity contribution is 5.80. The van der Waals surface area contributed by atoms with Crippen molar-refractivity contribution in [3.8, 4) is 11.1 Å². The second-order valence-corrected chi connectivity index (χ2v) is 5.44. The fourth-order valence-corrected chi connectivity index (χ4v) is 2.56. The van der Waals surface area contributed by atoms with Gasteiger partial charge >= 0.3 is 0 Å². The van der Waals surface area contributed by atoms with Gasteiger partial charge in [-0.2, -0.15) is 0 Å². The number of nitrogens with one attached hydrogen (secondary N) is 2. The van der Waals surface area contributed by atoms with Crippen LogP contribution >= 0.6 is 0 Å². The van der Waals surface area contributed by atoms with Crippen molar-refractivity contribution in [3.05, 3.63) is 59.9 Å². The number of guanidine groups is 1. The average molecular weight is 309 g/mol. The van der Waals surface area contributed by atoms with E-state index in [0.717, 1.165) is 16.9 Å². The monoisotopic (exact) mass is 309 g/mol. The second kappa shape index (κ2) is 6.87. The lowest BCUT2D eigenvalue weighted by molar-refractivity contribution is 1.10. The second-order valence-electron chi connectivity index (χ2n) is 5.44. The van der Waals surface area contributed by atoms with Gasteiger partial charge in [-0.15, -0.1) is 0 Å². The van der Waals surface area contributed by atoms with Crippen molar-refractivity contribution < 1.29 is 0 Å². The molecule has 0 atom stereocenters. The molecule has 23 heavy (non-hydrogen) atoms. The Bertz CT molecular complexity index is 722. The van der Waals surface area contributed by atoms with Gasteiger partial charge in [0, 0.05) is 18.4 Å².